The summed E-state index contributed by atoms with van der Waals surface area (Å²) in [7, 11) is 0. The molecule has 1 fully saturated rings. The highest BCUT2D eigenvalue weighted by Gasteiger charge is 2.35. The Morgan fingerprint density at radius 1 is 1.02 bits per heavy atom. The molecule has 2 heterocycles. The van der Waals surface area contributed by atoms with Crippen molar-refractivity contribution in [2.75, 3.05) is 26.2 Å². The van der Waals surface area contributed by atoms with E-state index in [-0.39, 0.29) is 36.4 Å². The molecule has 1 aliphatic rings. The minimum absolute atomic E-state index is 0.0787. The van der Waals surface area contributed by atoms with Crippen LogP contribution in [0.15, 0.2) is 53.9 Å². The van der Waals surface area contributed by atoms with E-state index in [0.29, 0.717) is 60.6 Å². The van der Waals surface area contributed by atoms with Gasteiger partial charge in [0.2, 0.25) is 0 Å². The van der Waals surface area contributed by atoms with Crippen LogP contribution in [0.2, 0.25) is 0 Å². The normalized spacial score (nSPS) is 16.4. The van der Waals surface area contributed by atoms with Gasteiger partial charge in [-0.05, 0) is 97.9 Å². The van der Waals surface area contributed by atoms with Crippen molar-refractivity contribution in [3.05, 3.63) is 92.7 Å². The van der Waals surface area contributed by atoms with Gasteiger partial charge in [-0.25, -0.2) is 8.78 Å². The number of aryl methyl sites for hydroxylation is 1. The second-order valence-corrected chi connectivity index (χ2v) is 12.8. The number of aliphatic hydroxyl groups excluding tert-OH is 1. The summed E-state index contributed by atoms with van der Waals surface area (Å²) in [4.78, 5) is 44.4. The topological polar surface area (TPSA) is 77.9 Å². The zero-order chi connectivity index (χ0) is 31.8. The molecule has 0 bridgehead atoms. The van der Waals surface area contributed by atoms with Gasteiger partial charge in [0.05, 0.1) is 11.0 Å². The molecular formula is C35H42F2N2O4S. The predicted molar refractivity (Wildman–Crippen MR) is 169 cm³/mol. The molecule has 3 atom stereocenters. The fourth-order valence-corrected chi connectivity index (χ4v) is 6.91. The predicted octanol–water partition coefficient (Wildman–Crippen LogP) is 6.94. The molecule has 0 aliphatic carbocycles. The lowest BCUT2D eigenvalue weighted by molar-refractivity contribution is 0.0102. The van der Waals surface area contributed by atoms with Gasteiger partial charge in [0, 0.05) is 55.7 Å². The van der Waals surface area contributed by atoms with Crippen molar-refractivity contribution in [1.82, 2.24) is 9.80 Å². The summed E-state index contributed by atoms with van der Waals surface area (Å²) in [5.41, 5.74) is 1.92. The molecule has 1 saturated heterocycles. The lowest BCUT2D eigenvalue weighted by Crippen LogP contribution is -2.45. The third-order valence-electron chi connectivity index (χ3n) is 8.23. The monoisotopic (exact) mass is 624 g/mol. The Morgan fingerprint density at radius 2 is 1.70 bits per heavy atom. The molecule has 236 valence electrons. The number of carbonyl (C=O) groups excluding carboxylic acids is 3. The third kappa shape index (κ3) is 8.60. The van der Waals surface area contributed by atoms with E-state index < -0.39 is 23.7 Å². The van der Waals surface area contributed by atoms with E-state index in [1.807, 2.05) is 32.2 Å². The van der Waals surface area contributed by atoms with Gasteiger partial charge in [0.25, 0.3) is 11.8 Å². The molecule has 3 aromatic rings. The van der Waals surface area contributed by atoms with Gasteiger partial charge in [-0.3, -0.25) is 14.4 Å². The average molecular weight is 625 g/mol. The number of Topliss-reactive ketones (excluding diaryl/α,β-unsaturated/α-hetero) is 1. The average Bonchev–Trinajstić information content (AvgIpc) is 3.54. The van der Waals surface area contributed by atoms with Crippen LogP contribution in [0.3, 0.4) is 0 Å². The van der Waals surface area contributed by atoms with Crippen LogP contribution in [0.5, 0.6) is 0 Å². The first-order valence-corrected chi connectivity index (χ1v) is 16.4. The molecule has 0 saturated carbocycles. The Bertz CT molecular complexity index is 1420. The van der Waals surface area contributed by atoms with Crippen LogP contribution in [0.4, 0.5) is 8.78 Å². The van der Waals surface area contributed by atoms with Crippen molar-refractivity contribution in [3.8, 4) is 0 Å². The number of rotatable bonds is 13. The highest BCUT2D eigenvalue weighted by atomic mass is 32.1. The Hall–Kier alpha value is -3.43. The van der Waals surface area contributed by atoms with Crippen molar-refractivity contribution in [2.24, 2.45) is 11.8 Å². The highest BCUT2D eigenvalue weighted by Crippen LogP contribution is 2.31. The fraction of sp³-hybridized carbons (Fsp3) is 0.457. The van der Waals surface area contributed by atoms with Crippen LogP contribution in [-0.2, 0) is 6.42 Å². The number of thiophene rings is 1. The number of carbonyl (C=O) groups is 3. The van der Waals surface area contributed by atoms with Gasteiger partial charge < -0.3 is 14.9 Å². The maximum absolute atomic E-state index is 14.1. The second kappa shape index (κ2) is 15.5. The Kier molecular flexibility index (Phi) is 11.8. The van der Waals surface area contributed by atoms with Crippen LogP contribution in [0, 0.1) is 30.4 Å². The summed E-state index contributed by atoms with van der Waals surface area (Å²) in [5, 5.41) is 13.6. The number of likely N-dealkylation sites (tertiary alicyclic amines) is 1. The maximum Gasteiger partial charge on any atom is 0.263 e. The number of hydrogen-bond donors (Lipinski definition) is 1. The zero-order valence-electron chi connectivity index (χ0n) is 25.7. The molecule has 0 radical (unpaired) electrons. The SMILES string of the molecule is CCCN(CCC)C(=O)c1cc(C)cc(C(=O)CC(Cc2cc(F)cc(F)c2)[C@H](O)C2CCCN(C(=O)c3cccs3)C2)c1. The molecule has 0 spiro atoms. The van der Waals surface area contributed by atoms with E-state index in [0.717, 1.165) is 24.5 Å². The largest absolute Gasteiger partial charge is 0.392 e. The standard InChI is InChI=1S/C35H42F2N2O4S/c1-4-10-38(11-5-2)34(42)28-15-23(3)14-26(19-28)31(40)20-27(16-24-17-29(36)21-30(37)18-24)33(41)25-8-6-12-39(22-25)35(43)32-9-7-13-44-32/h7,9,13-15,17-19,21,25,27,33,41H,4-6,8,10-12,16,20,22H2,1-3H3/t25?,27?,33-/m1/s1. The first-order valence-electron chi connectivity index (χ1n) is 15.5. The van der Waals surface area contributed by atoms with Crippen LogP contribution in [0.25, 0.3) is 0 Å². The van der Waals surface area contributed by atoms with E-state index in [1.54, 1.807) is 34.1 Å². The van der Waals surface area contributed by atoms with Gasteiger partial charge in [0.1, 0.15) is 11.6 Å². The van der Waals surface area contributed by atoms with Crippen LogP contribution in [0.1, 0.15) is 87.5 Å². The number of hydrogen-bond acceptors (Lipinski definition) is 5. The first kappa shape index (κ1) is 33.5. The number of benzene rings is 2. The summed E-state index contributed by atoms with van der Waals surface area (Å²) in [6.45, 7) is 8.01. The van der Waals surface area contributed by atoms with Gasteiger partial charge in [-0.2, -0.15) is 0 Å². The van der Waals surface area contributed by atoms with Crippen LogP contribution >= 0.6 is 11.3 Å². The number of piperidine rings is 1. The van der Waals surface area contributed by atoms with E-state index in [2.05, 4.69) is 0 Å². The van der Waals surface area contributed by atoms with E-state index in [4.69, 9.17) is 0 Å². The van der Waals surface area contributed by atoms with Gasteiger partial charge in [0.15, 0.2) is 5.78 Å². The minimum Gasteiger partial charge on any atom is -0.392 e. The summed E-state index contributed by atoms with van der Waals surface area (Å²) in [6.07, 6.45) is 1.99. The van der Waals surface area contributed by atoms with Gasteiger partial charge >= 0.3 is 0 Å². The Balaban J connectivity index is 1.59. The Labute approximate surface area is 262 Å². The highest BCUT2D eigenvalue weighted by molar-refractivity contribution is 7.12. The minimum atomic E-state index is -1.00. The molecule has 1 N–H and O–H groups in total. The first-order chi connectivity index (χ1) is 21.1. The van der Waals surface area contributed by atoms with Crippen molar-refractivity contribution in [2.45, 2.75) is 65.4 Å². The number of ketones is 1. The smallest absolute Gasteiger partial charge is 0.263 e. The maximum atomic E-state index is 14.1. The van der Waals surface area contributed by atoms with Crippen LogP contribution in [-0.4, -0.2) is 64.8 Å². The van der Waals surface area contributed by atoms with Gasteiger partial charge in [-0.1, -0.05) is 19.9 Å². The number of halogens is 2. The third-order valence-corrected chi connectivity index (χ3v) is 9.09. The van der Waals surface area contributed by atoms with Crippen LogP contribution < -0.4 is 0 Å². The van der Waals surface area contributed by atoms with Crippen molar-refractivity contribution < 1.29 is 28.3 Å². The van der Waals surface area contributed by atoms with E-state index in [1.165, 1.54) is 23.5 Å². The van der Waals surface area contributed by atoms with E-state index >= 15 is 0 Å². The molecule has 4 rings (SSSR count). The van der Waals surface area contributed by atoms with E-state index in [9.17, 15) is 28.3 Å². The molecule has 2 amide bonds. The molecule has 1 aliphatic heterocycles. The summed E-state index contributed by atoms with van der Waals surface area (Å²) in [6, 6.07) is 12.0. The molecule has 9 heteroatoms. The molecular weight excluding hydrogens is 582 g/mol. The molecule has 44 heavy (non-hydrogen) atoms. The Morgan fingerprint density at radius 3 is 2.34 bits per heavy atom. The molecule has 1 aromatic heterocycles. The zero-order valence-corrected chi connectivity index (χ0v) is 26.5. The van der Waals surface area contributed by atoms with Gasteiger partial charge in [-0.15, -0.1) is 11.3 Å². The van der Waals surface area contributed by atoms with Crippen molar-refractivity contribution >= 4 is 28.9 Å². The van der Waals surface area contributed by atoms with Crippen molar-refractivity contribution in [3.63, 3.8) is 0 Å². The molecule has 6 nitrogen and oxygen atoms in total. The summed E-state index contributed by atoms with van der Waals surface area (Å²) in [5.74, 6) is -2.91. The lowest BCUT2D eigenvalue weighted by atomic mass is 9.79. The number of aliphatic hydroxyl groups is 1. The molecule has 2 unspecified atom stereocenters. The summed E-state index contributed by atoms with van der Waals surface area (Å²) >= 11 is 1.37. The number of nitrogens with zero attached hydrogens (tertiary/aromatic N) is 2. The summed E-state index contributed by atoms with van der Waals surface area (Å²) < 4.78 is 28.3. The fourth-order valence-electron chi connectivity index (χ4n) is 6.22. The number of amides is 2. The van der Waals surface area contributed by atoms with Crippen molar-refractivity contribution in [1.29, 1.82) is 0 Å². The molecule has 2 aromatic carbocycles. The second-order valence-electron chi connectivity index (χ2n) is 11.9. The lowest BCUT2D eigenvalue weighted by Gasteiger charge is -2.37. The quantitative estimate of drug-likeness (QED) is 0.209.